The highest BCUT2D eigenvalue weighted by molar-refractivity contribution is 6.31. The first-order valence-electron chi connectivity index (χ1n) is 7.09. The fourth-order valence-corrected chi connectivity index (χ4v) is 2.87. The van der Waals surface area contributed by atoms with E-state index in [0.29, 0.717) is 11.1 Å². The van der Waals surface area contributed by atoms with Crippen molar-refractivity contribution >= 4 is 11.6 Å². The molecular formula is C15H22ClFN2. The summed E-state index contributed by atoms with van der Waals surface area (Å²) in [5, 5.41) is 4.07. The minimum absolute atomic E-state index is 0.209. The molecular weight excluding hydrogens is 263 g/mol. The summed E-state index contributed by atoms with van der Waals surface area (Å²) in [6.45, 7) is 5.93. The number of hydrogen-bond donors (Lipinski definition) is 1. The maximum Gasteiger partial charge on any atom is 0.123 e. The van der Waals surface area contributed by atoms with Crippen LogP contribution in [0.1, 0.15) is 31.7 Å². The van der Waals surface area contributed by atoms with Crippen LogP contribution in [-0.4, -0.2) is 30.6 Å². The Kier molecular flexibility index (Phi) is 5.61. The maximum atomic E-state index is 13.3. The monoisotopic (exact) mass is 284 g/mol. The molecule has 1 aromatic rings. The Morgan fingerprint density at radius 3 is 3.05 bits per heavy atom. The smallest absolute Gasteiger partial charge is 0.123 e. The summed E-state index contributed by atoms with van der Waals surface area (Å²) >= 11 is 6.16. The van der Waals surface area contributed by atoms with Crippen molar-refractivity contribution in [2.24, 2.45) is 0 Å². The molecule has 1 unspecified atom stereocenters. The Labute approximate surface area is 119 Å². The number of benzene rings is 1. The lowest BCUT2D eigenvalue weighted by Gasteiger charge is -2.36. The van der Waals surface area contributed by atoms with Crippen LogP contribution in [-0.2, 0) is 6.54 Å². The van der Waals surface area contributed by atoms with Crippen molar-refractivity contribution in [3.8, 4) is 0 Å². The fourth-order valence-electron chi connectivity index (χ4n) is 2.69. The van der Waals surface area contributed by atoms with Crippen LogP contribution in [0.2, 0.25) is 5.02 Å². The first-order chi connectivity index (χ1) is 9.20. The van der Waals surface area contributed by atoms with Gasteiger partial charge in [0.15, 0.2) is 0 Å². The van der Waals surface area contributed by atoms with E-state index < -0.39 is 0 Å². The van der Waals surface area contributed by atoms with E-state index in [1.54, 1.807) is 12.1 Å². The van der Waals surface area contributed by atoms with E-state index in [0.717, 1.165) is 31.7 Å². The van der Waals surface area contributed by atoms with Gasteiger partial charge in [-0.15, -0.1) is 0 Å². The lowest BCUT2D eigenvalue weighted by molar-refractivity contribution is 0.138. The fraction of sp³-hybridized carbons (Fsp3) is 0.600. The van der Waals surface area contributed by atoms with Crippen molar-refractivity contribution in [3.63, 3.8) is 0 Å². The molecule has 0 spiro atoms. The number of nitrogens with one attached hydrogen (secondary N) is 1. The number of rotatable bonds is 5. The molecule has 1 aliphatic heterocycles. The summed E-state index contributed by atoms with van der Waals surface area (Å²) in [6, 6.07) is 5.16. The molecule has 1 heterocycles. The standard InChI is InChI=1S/C15H22ClFN2/c1-2-18-10-14-5-3-4-8-19(14)11-12-9-13(17)6-7-15(12)16/h6-7,9,14,18H,2-5,8,10-11H2,1H3. The van der Waals surface area contributed by atoms with Gasteiger partial charge in [-0.2, -0.15) is 0 Å². The van der Waals surface area contributed by atoms with Crippen LogP contribution in [0.5, 0.6) is 0 Å². The van der Waals surface area contributed by atoms with Gasteiger partial charge < -0.3 is 5.32 Å². The summed E-state index contributed by atoms with van der Waals surface area (Å²) in [7, 11) is 0. The van der Waals surface area contributed by atoms with Crippen LogP contribution >= 0.6 is 11.6 Å². The molecule has 2 nitrogen and oxygen atoms in total. The van der Waals surface area contributed by atoms with Gasteiger partial charge in [-0.25, -0.2) is 4.39 Å². The topological polar surface area (TPSA) is 15.3 Å². The molecule has 0 radical (unpaired) electrons. The quantitative estimate of drug-likeness (QED) is 0.891. The number of likely N-dealkylation sites (N-methyl/N-ethyl adjacent to an activating group) is 1. The summed E-state index contributed by atoms with van der Waals surface area (Å²) in [6.07, 6.45) is 3.71. The first-order valence-corrected chi connectivity index (χ1v) is 7.47. The molecule has 0 saturated carbocycles. The highest BCUT2D eigenvalue weighted by Crippen LogP contribution is 2.23. The van der Waals surface area contributed by atoms with Crippen LogP contribution in [0, 0.1) is 5.82 Å². The Bertz CT molecular complexity index is 411. The number of nitrogens with zero attached hydrogens (tertiary/aromatic N) is 1. The number of likely N-dealkylation sites (tertiary alicyclic amines) is 1. The van der Waals surface area contributed by atoms with Gasteiger partial charge >= 0.3 is 0 Å². The Morgan fingerprint density at radius 1 is 1.42 bits per heavy atom. The lowest BCUT2D eigenvalue weighted by atomic mass is 10.0. The zero-order valence-electron chi connectivity index (χ0n) is 11.5. The predicted molar refractivity (Wildman–Crippen MR) is 78.0 cm³/mol. The summed E-state index contributed by atoms with van der Waals surface area (Å²) < 4.78 is 13.3. The second kappa shape index (κ2) is 7.22. The molecule has 106 valence electrons. The van der Waals surface area contributed by atoms with E-state index in [2.05, 4.69) is 17.1 Å². The third-order valence-corrected chi connectivity index (χ3v) is 4.13. The number of piperidine rings is 1. The predicted octanol–water partition coefficient (Wildman–Crippen LogP) is 3.44. The van der Waals surface area contributed by atoms with Gasteiger partial charge in [-0.3, -0.25) is 4.90 Å². The third kappa shape index (κ3) is 4.16. The molecule has 19 heavy (non-hydrogen) atoms. The summed E-state index contributed by atoms with van der Waals surface area (Å²) in [4.78, 5) is 2.42. The molecule has 1 atom stereocenters. The van der Waals surface area contributed by atoms with Gasteiger partial charge in [-0.1, -0.05) is 24.9 Å². The van der Waals surface area contributed by atoms with Crippen molar-refractivity contribution in [2.75, 3.05) is 19.6 Å². The minimum atomic E-state index is -0.209. The average molecular weight is 285 g/mol. The van der Waals surface area contributed by atoms with Crippen molar-refractivity contribution in [2.45, 2.75) is 38.8 Å². The van der Waals surface area contributed by atoms with Crippen molar-refractivity contribution in [3.05, 3.63) is 34.6 Å². The molecule has 4 heteroatoms. The normalized spacial score (nSPS) is 20.7. The van der Waals surface area contributed by atoms with Gasteiger partial charge in [0.1, 0.15) is 5.82 Å². The molecule has 1 N–H and O–H groups in total. The molecule has 2 rings (SSSR count). The lowest BCUT2D eigenvalue weighted by Crippen LogP contribution is -2.45. The Morgan fingerprint density at radius 2 is 2.26 bits per heavy atom. The van der Waals surface area contributed by atoms with Crippen molar-refractivity contribution in [1.29, 1.82) is 0 Å². The number of halogens is 2. The SMILES string of the molecule is CCNCC1CCCCN1Cc1cc(F)ccc1Cl. The van der Waals surface area contributed by atoms with Crippen LogP contribution in [0.15, 0.2) is 18.2 Å². The van der Waals surface area contributed by atoms with Gasteiger partial charge in [0, 0.05) is 24.2 Å². The number of hydrogen-bond acceptors (Lipinski definition) is 2. The van der Waals surface area contributed by atoms with Crippen LogP contribution in [0.3, 0.4) is 0 Å². The maximum absolute atomic E-state index is 13.3. The molecule has 0 aliphatic carbocycles. The minimum Gasteiger partial charge on any atom is -0.315 e. The zero-order chi connectivity index (χ0) is 13.7. The molecule has 1 fully saturated rings. The highest BCUT2D eigenvalue weighted by atomic mass is 35.5. The molecule has 1 aliphatic rings. The second-order valence-electron chi connectivity index (χ2n) is 5.16. The Balaban J connectivity index is 2.04. The van der Waals surface area contributed by atoms with E-state index in [-0.39, 0.29) is 5.82 Å². The van der Waals surface area contributed by atoms with Crippen LogP contribution < -0.4 is 5.32 Å². The van der Waals surface area contributed by atoms with Crippen molar-refractivity contribution < 1.29 is 4.39 Å². The van der Waals surface area contributed by atoms with E-state index in [9.17, 15) is 4.39 Å². The summed E-state index contributed by atoms with van der Waals surface area (Å²) in [5.41, 5.74) is 0.894. The molecule has 1 saturated heterocycles. The zero-order valence-corrected chi connectivity index (χ0v) is 12.2. The van der Waals surface area contributed by atoms with E-state index in [4.69, 9.17) is 11.6 Å². The van der Waals surface area contributed by atoms with Gasteiger partial charge in [0.2, 0.25) is 0 Å². The third-order valence-electron chi connectivity index (χ3n) is 3.76. The van der Waals surface area contributed by atoms with E-state index in [1.165, 1.54) is 25.3 Å². The second-order valence-corrected chi connectivity index (χ2v) is 5.57. The van der Waals surface area contributed by atoms with Crippen LogP contribution in [0.25, 0.3) is 0 Å². The largest absolute Gasteiger partial charge is 0.315 e. The average Bonchev–Trinajstić information content (AvgIpc) is 2.42. The Hall–Kier alpha value is -0.640. The van der Waals surface area contributed by atoms with Crippen molar-refractivity contribution in [1.82, 2.24) is 10.2 Å². The van der Waals surface area contributed by atoms with Gasteiger partial charge in [-0.05, 0) is 49.7 Å². The van der Waals surface area contributed by atoms with Gasteiger partial charge in [0.05, 0.1) is 0 Å². The van der Waals surface area contributed by atoms with E-state index in [1.807, 2.05) is 0 Å². The van der Waals surface area contributed by atoms with E-state index >= 15 is 0 Å². The molecule has 0 amide bonds. The van der Waals surface area contributed by atoms with Gasteiger partial charge in [0.25, 0.3) is 0 Å². The first kappa shape index (κ1) is 14.8. The molecule has 1 aromatic carbocycles. The molecule has 0 bridgehead atoms. The summed E-state index contributed by atoms with van der Waals surface area (Å²) in [5.74, 6) is -0.209. The van der Waals surface area contributed by atoms with Crippen LogP contribution in [0.4, 0.5) is 4.39 Å². The molecule has 0 aromatic heterocycles. The highest BCUT2D eigenvalue weighted by Gasteiger charge is 2.22.